The summed E-state index contributed by atoms with van der Waals surface area (Å²) in [6, 6.07) is -0.133. The standard InChI is InChI=1S/C15H26N4O3/c1-11-14(12(2)18(3)17-11)16-15(20)19(7-9-21-4)10-13-6-5-8-22-13/h13H,5-10H2,1-4H3,(H,16,20)/t13-/m1/s1. The van der Waals surface area contributed by atoms with Gasteiger partial charge in [-0.2, -0.15) is 5.10 Å². The van der Waals surface area contributed by atoms with Crippen LogP contribution in [0.2, 0.25) is 0 Å². The molecule has 1 aromatic heterocycles. The van der Waals surface area contributed by atoms with Gasteiger partial charge in [0.25, 0.3) is 0 Å². The number of hydrogen-bond acceptors (Lipinski definition) is 4. The molecule has 1 saturated heterocycles. The van der Waals surface area contributed by atoms with Crippen molar-refractivity contribution < 1.29 is 14.3 Å². The summed E-state index contributed by atoms with van der Waals surface area (Å²) in [4.78, 5) is 14.3. The van der Waals surface area contributed by atoms with Gasteiger partial charge in [0.05, 0.1) is 29.8 Å². The van der Waals surface area contributed by atoms with Crippen LogP contribution in [0.25, 0.3) is 0 Å². The number of aryl methyl sites for hydroxylation is 2. The number of ether oxygens (including phenoxy) is 2. The molecule has 0 radical (unpaired) electrons. The molecular formula is C15H26N4O3. The maximum atomic E-state index is 12.6. The lowest BCUT2D eigenvalue weighted by molar-refractivity contribution is 0.0747. The second-order valence-corrected chi connectivity index (χ2v) is 5.67. The highest BCUT2D eigenvalue weighted by atomic mass is 16.5. The van der Waals surface area contributed by atoms with Crippen LogP contribution in [-0.4, -0.2) is 60.2 Å². The Morgan fingerprint density at radius 3 is 2.86 bits per heavy atom. The number of nitrogens with zero attached hydrogens (tertiary/aromatic N) is 3. The topological polar surface area (TPSA) is 68.6 Å². The van der Waals surface area contributed by atoms with Crippen molar-refractivity contribution in [3.63, 3.8) is 0 Å². The molecule has 0 aliphatic carbocycles. The first-order chi connectivity index (χ1) is 10.5. The van der Waals surface area contributed by atoms with Gasteiger partial charge < -0.3 is 19.7 Å². The number of carbonyl (C=O) groups is 1. The molecule has 22 heavy (non-hydrogen) atoms. The van der Waals surface area contributed by atoms with Gasteiger partial charge in [0.15, 0.2) is 0 Å². The van der Waals surface area contributed by atoms with Crippen molar-refractivity contribution in [3.05, 3.63) is 11.4 Å². The van der Waals surface area contributed by atoms with Crippen molar-refractivity contribution in [2.45, 2.75) is 32.8 Å². The smallest absolute Gasteiger partial charge is 0.322 e. The van der Waals surface area contributed by atoms with Crippen LogP contribution in [0.5, 0.6) is 0 Å². The van der Waals surface area contributed by atoms with Crippen LogP contribution in [0.4, 0.5) is 10.5 Å². The lowest BCUT2D eigenvalue weighted by Gasteiger charge is -2.25. The average Bonchev–Trinajstić information content (AvgIpc) is 3.07. The second kappa shape index (κ2) is 7.60. The molecule has 0 aromatic carbocycles. The summed E-state index contributed by atoms with van der Waals surface area (Å²) in [5.74, 6) is 0. The normalized spacial score (nSPS) is 17.7. The van der Waals surface area contributed by atoms with Crippen LogP contribution in [-0.2, 0) is 16.5 Å². The first kappa shape index (κ1) is 16.8. The molecule has 1 aliphatic heterocycles. The number of amides is 2. The maximum Gasteiger partial charge on any atom is 0.322 e. The van der Waals surface area contributed by atoms with Crippen molar-refractivity contribution in [1.82, 2.24) is 14.7 Å². The van der Waals surface area contributed by atoms with Gasteiger partial charge in [-0.1, -0.05) is 0 Å². The van der Waals surface area contributed by atoms with Crippen LogP contribution < -0.4 is 5.32 Å². The Hall–Kier alpha value is -1.60. The maximum absolute atomic E-state index is 12.6. The number of urea groups is 1. The van der Waals surface area contributed by atoms with Gasteiger partial charge >= 0.3 is 6.03 Å². The lowest BCUT2D eigenvalue weighted by Crippen LogP contribution is -2.42. The Morgan fingerprint density at radius 1 is 1.55 bits per heavy atom. The molecule has 1 aromatic rings. The average molecular weight is 310 g/mol. The first-order valence-electron chi connectivity index (χ1n) is 7.69. The number of aromatic nitrogens is 2. The molecule has 1 N–H and O–H groups in total. The SMILES string of the molecule is COCCN(C[C@H]1CCCO1)C(=O)Nc1c(C)nn(C)c1C. The minimum atomic E-state index is -0.133. The molecule has 0 spiro atoms. The fourth-order valence-corrected chi connectivity index (χ4v) is 2.65. The molecule has 0 bridgehead atoms. The number of anilines is 1. The summed E-state index contributed by atoms with van der Waals surface area (Å²) in [7, 11) is 3.50. The lowest BCUT2D eigenvalue weighted by atomic mass is 10.2. The first-order valence-corrected chi connectivity index (χ1v) is 7.69. The molecule has 1 atom stereocenters. The van der Waals surface area contributed by atoms with E-state index in [1.165, 1.54) is 0 Å². The number of hydrogen-bond donors (Lipinski definition) is 1. The second-order valence-electron chi connectivity index (χ2n) is 5.67. The Labute approximate surface area is 131 Å². The molecule has 2 heterocycles. The van der Waals surface area contributed by atoms with E-state index in [9.17, 15) is 4.79 Å². The van der Waals surface area contributed by atoms with E-state index in [1.807, 2.05) is 20.9 Å². The zero-order valence-corrected chi connectivity index (χ0v) is 13.9. The van der Waals surface area contributed by atoms with Gasteiger partial charge in [0.2, 0.25) is 0 Å². The van der Waals surface area contributed by atoms with Crippen LogP contribution >= 0.6 is 0 Å². The Balaban J connectivity index is 2.03. The fraction of sp³-hybridized carbons (Fsp3) is 0.733. The molecular weight excluding hydrogens is 284 g/mol. The largest absolute Gasteiger partial charge is 0.383 e. The van der Waals surface area contributed by atoms with E-state index >= 15 is 0 Å². The molecule has 124 valence electrons. The molecule has 1 fully saturated rings. The Kier molecular flexibility index (Phi) is 5.79. The third-order valence-electron chi connectivity index (χ3n) is 4.04. The monoisotopic (exact) mass is 310 g/mol. The van der Waals surface area contributed by atoms with E-state index < -0.39 is 0 Å². The minimum Gasteiger partial charge on any atom is -0.383 e. The molecule has 0 saturated carbocycles. The van der Waals surface area contributed by atoms with Gasteiger partial charge in [-0.3, -0.25) is 4.68 Å². The molecule has 2 rings (SSSR count). The summed E-state index contributed by atoms with van der Waals surface area (Å²) in [6.45, 7) is 6.25. The van der Waals surface area contributed by atoms with Gasteiger partial charge in [0.1, 0.15) is 0 Å². The van der Waals surface area contributed by atoms with Crippen LogP contribution in [0, 0.1) is 13.8 Å². The van der Waals surface area contributed by atoms with Crippen molar-refractivity contribution in [3.8, 4) is 0 Å². The van der Waals surface area contributed by atoms with E-state index in [4.69, 9.17) is 9.47 Å². The highest BCUT2D eigenvalue weighted by molar-refractivity contribution is 5.90. The number of rotatable bonds is 6. The summed E-state index contributed by atoms with van der Waals surface area (Å²) < 4.78 is 12.5. The summed E-state index contributed by atoms with van der Waals surface area (Å²) in [5.41, 5.74) is 2.54. The predicted octanol–water partition coefficient (Wildman–Crippen LogP) is 1.70. The van der Waals surface area contributed by atoms with Crippen molar-refractivity contribution in [1.29, 1.82) is 0 Å². The Morgan fingerprint density at radius 2 is 2.32 bits per heavy atom. The van der Waals surface area contributed by atoms with Crippen molar-refractivity contribution in [2.75, 3.05) is 38.7 Å². The highest BCUT2D eigenvalue weighted by Gasteiger charge is 2.23. The molecule has 0 unspecified atom stereocenters. The van der Waals surface area contributed by atoms with Crippen LogP contribution in [0.15, 0.2) is 0 Å². The minimum absolute atomic E-state index is 0.124. The van der Waals surface area contributed by atoms with E-state index in [1.54, 1.807) is 16.7 Å². The number of carbonyl (C=O) groups excluding carboxylic acids is 1. The zero-order valence-electron chi connectivity index (χ0n) is 13.9. The third-order valence-corrected chi connectivity index (χ3v) is 4.04. The van der Waals surface area contributed by atoms with E-state index in [0.717, 1.165) is 36.5 Å². The van der Waals surface area contributed by atoms with E-state index in [0.29, 0.717) is 19.7 Å². The van der Waals surface area contributed by atoms with Gasteiger partial charge in [0, 0.05) is 33.9 Å². The summed E-state index contributed by atoms with van der Waals surface area (Å²) in [5, 5.41) is 7.30. The Bertz CT molecular complexity index is 509. The predicted molar refractivity (Wildman–Crippen MR) is 84.1 cm³/mol. The molecule has 7 heteroatoms. The third kappa shape index (κ3) is 3.98. The quantitative estimate of drug-likeness (QED) is 0.868. The van der Waals surface area contributed by atoms with Gasteiger partial charge in [-0.05, 0) is 26.7 Å². The number of nitrogens with one attached hydrogen (secondary N) is 1. The molecule has 7 nitrogen and oxygen atoms in total. The zero-order chi connectivity index (χ0) is 16.1. The number of methoxy groups -OCH3 is 1. The van der Waals surface area contributed by atoms with Crippen molar-refractivity contribution in [2.24, 2.45) is 7.05 Å². The van der Waals surface area contributed by atoms with E-state index in [-0.39, 0.29) is 12.1 Å². The molecule has 1 aliphatic rings. The van der Waals surface area contributed by atoms with Crippen molar-refractivity contribution >= 4 is 11.7 Å². The van der Waals surface area contributed by atoms with Crippen LogP contribution in [0.3, 0.4) is 0 Å². The van der Waals surface area contributed by atoms with Crippen LogP contribution in [0.1, 0.15) is 24.2 Å². The fourth-order valence-electron chi connectivity index (χ4n) is 2.65. The summed E-state index contributed by atoms with van der Waals surface area (Å²) in [6.07, 6.45) is 2.19. The van der Waals surface area contributed by atoms with E-state index in [2.05, 4.69) is 10.4 Å². The summed E-state index contributed by atoms with van der Waals surface area (Å²) >= 11 is 0. The van der Waals surface area contributed by atoms with Gasteiger partial charge in [-0.15, -0.1) is 0 Å². The molecule has 2 amide bonds. The highest BCUT2D eigenvalue weighted by Crippen LogP contribution is 2.19. The van der Waals surface area contributed by atoms with Gasteiger partial charge in [-0.25, -0.2) is 4.79 Å².